The molecule has 0 aromatic heterocycles. The summed E-state index contributed by atoms with van der Waals surface area (Å²) < 4.78 is 37.0. The maximum Gasteiger partial charge on any atom is 0.240 e. The van der Waals surface area contributed by atoms with Crippen molar-refractivity contribution < 1.29 is 16.4 Å². The average molecular weight is 203 g/mol. The van der Waals surface area contributed by atoms with E-state index >= 15 is 0 Å². The maximum atomic E-state index is 11.8. The third-order valence-electron chi connectivity index (χ3n) is 2.45. The molecule has 2 N–H and O–H groups in total. The molecule has 4 heteroatoms. The fourth-order valence-corrected chi connectivity index (χ4v) is 1.70. The highest BCUT2D eigenvalue weighted by molar-refractivity contribution is 5.87. The maximum absolute atomic E-state index is 11.8. The minimum Gasteiger partial charge on any atom is -0.368 e. The highest BCUT2D eigenvalue weighted by Gasteiger charge is 2.34. The van der Waals surface area contributed by atoms with E-state index < -0.39 is 37.0 Å². The number of primary amides is 1. The number of nitrogens with zero attached hydrogens (tertiary/aromatic N) is 1. The Morgan fingerprint density at radius 2 is 2.64 bits per heavy atom. The molecule has 2 unspecified atom stereocenters. The summed E-state index contributed by atoms with van der Waals surface area (Å²) in [5, 5.41) is 0. The minimum absolute atomic E-state index is 0.0916. The molecule has 1 fully saturated rings. The summed E-state index contributed by atoms with van der Waals surface area (Å²) in [6, 6.07) is -0.801. The van der Waals surface area contributed by atoms with Crippen LogP contribution in [0.2, 0.25) is 0 Å². The molecule has 1 aliphatic heterocycles. The van der Waals surface area contributed by atoms with Crippen LogP contribution in [0.5, 0.6) is 0 Å². The van der Waals surface area contributed by atoms with Gasteiger partial charge >= 0.3 is 0 Å². The standard InChI is InChI=1S/C10H18N2O2/c1-3-7-5-9(13)12(6-7)8(4-2)10(11)14/h7-8H,3-6H2,1-2H3,(H2,11,14)/i1D3,3D2. The molecule has 1 rings (SSSR count). The van der Waals surface area contributed by atoms with Crippen LogP contribution in [-0.4, -0.2) is 29.3 Å². The first kappa shape index (κ1) is 5.73. The zero-order valence-corrected chi connectivity index (χ0v) is 8.12. The van der Waals surface area contributed by atoms with Crippen LogP contribution in [0.4, 0.5) is 0 Å². The number of nitrogens with two attached hydrogens (primary N) is 1. The second kappa shape index (κ2) is 4.44. The van der Waals surface area contributed by atoms with Gasteiger partial charge in [-0.3, -0.25) is 9.59 Å². The first-order valence-corrected chi connectivity index (χ1v) is 4.61. The molecule has 1 saturated heterocycles. The lowest BCUT2D eigenvalue weighted by atomic mass is 10.1. The van der Waals surface area contributed by atoms with E-state index in [1.165, 1.54) is 4.90 Å². The topological polar surface area (TPSA) is 63.4 Å². The Labute approximate surface area is 91.5 Å². The van der Waals surface area contributed by atoms with Crippen LogP contribution < -0.4 is 5.73 Å². The van der Waals surface area contributed by atoms with Crippen LogP contribution in [0, 0.1) is 5.92 Å². The van der Waals surface area contributed by atoms with Gasteiger partial charge in [0, 0.05) is 19.8 Å². The fraction of sp³-hybridized carbons (Fsp3) is 0.800. The molecule has 0 aliphatic carbocycles. The molecule has 2 amide bonds. The second-order valence-corrected chi connectivity index (χ2v) is 3.42. The predicted octanol–water partition coefficient (Wildman–Crippen LogP) is 0.509. The summed E-state index contributed by atoms with van der Waals surface area (Å²) >= 11 is 0. The lowest BCUT2D eigenvalue weighted by Crippen LogP contribution is -2.45. The molecule has 0 saturated carbocycles. The van der Waals surface area contributed by atoms with Gasteiger partial charge in [-0.2, -0.15) is 0 Å². The summed E-state index contributed by atoms with van der Waals surface area (Å²) in [5.74, 6) is -2.05. The number of carbonyl (C=O) groups is 2. The van der Waals surface area contributed by atoms with E-state index in [2.05, 4.69) is 0 Å². The molecule has 14 heavy (non-hydrogen) atoms. The van der Waals surface area contributed by atoms with E-state index in [0.717, 1.165) is 0 Å². The summed E-state index contributed by atoms with van der Waals surface area (Å²) in [6.07, 6.45) is -2.35. The Balaban J connectivity index is 2.92. The molecule has 0 aromatic rings. The van der Waals surface area contributed by atoms with Gasteiger partial charge in [0.2, 0.25) is 11.8 Å². The van der Waals surface area contributed by atoms with Gasteiger partial charge < -0.3 is 10.6 Å². The number of hydrogen-bond donors (Lipinski definition) is 1. The quantitative estimate of drug-likeness (QED) is 0.723. The molecule has 0 spiro atoms. The van der Waals surface area contributed by atoms with Gasteiger partial charge in [0.15, 0.2) is 0 Å². The van der Waals surface area contributed by atoms with Crippen molar-refractivity contribution >= 4 is 11.8 Å². The van der Waals surface area contributed by atoms with Crippen LogP contribution in [-0.2, 0) is 9.59 Å². The predicted molar refractivity (Wildman–Crippen MR) is 53.4 cm³/mol. The van der Waals surface area contributed by atoms with E-state index in [0.29, 0.717) is 6.42 Å². The molecule has 2 atom stereocenters. The van der Waals surface area contributed by atoms with Crippen molar-refractivity contribution in [1.82, 2.24) is 4.90 Å². The van der Waals surface area contributed by atoms with Crippen molar-refractivity contribution in [3.8, 4) is 0 Å². The first-order valence-electron chi connectivity index (χ1n) is 7.11. The van der Waals surface area contributed by atoms with E-state index in [1.807, 2.05) is 0 Å². The van der Waals surface area contributed by atoms with Gasteiger partial charge in [0.25, 0.3) is 0 Å². The monoisotopic (exact) mass is 203 g/mol. The summed E-state index contributed by atoms with van der Waals surface area (Å²) in [6.45, 7) is -1.21. The first-order chi connectivity index (χ1) is 8.52. The molecule has 0 radical (unpaired) electrons. The molecule has 1 heterocycles. The third-order valence-corrected chi connectivity index (χ3v) is 2.45. The van der Waals surface area contributed by atoms with Crippen LogP contribution in [0.15, 0.2) is 0 Å². The number of carbonyl (C=O) groups excluding carboxylic acids is 2. The molecular formula is C10H18N2O2. The smallest absolute Gasteiger partial charge is 0.240 e. The summed E-state index contributed by atoms with van der Waals surface area (Å²) in [7, 11) is 0. The number of likely N-dealkylation sites (tertiary alicyclic amines) is 1. The van der Waals surface area contributed by atoms with Gasteiger partial charge in [-0.25, -0.2) is 0 Å². The Bertz CT molecular complexity index is 383. The Morgan fingerprint density at radius 1 is 1.93 bits per heavy atom. The van der Waals surface area contributed by atoms with Crippen molar-refractivity contribution in [2.45, 2.75) is 39.0 Å². The van der Waals surface area contributed by atoms with Crippen LogP contribution in [0.25, 0.3) is 0 Å². The van der Waals surface area contributed by atoms with Crippen molar-refractivity contribution in [3.63, 3.8) is 0 Å². The van der Waals surface area contributed by atoms with Crippen molar-refractivity contribution in [1.29, 1.82) is 0 Å². The largest absolute Gasteiger partial charge is 0.368 e. The molecular weight excluding hydrogens is 180 g/mol. The fourth-order valence-electron chi connectivity index (χ4n) is 1.70. The van der Waals surface area contributed by atoms with Gasteiger partial charge in [0.1, 0.15) is 6.04 Å². The van der Waals surface area contributed by atoms with Crippen molar-refractivity contribution in [2.24, 2.45) is 11.7 Å². The minimum atomic E-state index is -2.80. The molecule has 1 aliphatic rings. The van der Waals surface area contributed by atoms with E-state index in [4.69, 9.17) is 12.6 Å². The Hall–Kier alpha value is -1.06. The SMILES string of the molecule is [2H]C([2H])([2H])C([2H])([2H])C1CC(=O)N(C(CC)C(N)=O)C1. The van der Waals surface area contributed by atoms with Crippen LogP contribution in [0.3, 0.4) is 0 Å². The molecule has 80 valence electrons. The number of rotatable bonds is 4. The highest BCUT2D eigenvalue weighted by Crippen LogP contribution is 2.23. The van der Waals surface area contributed by atoms with Crippen molar-refractivity contribution in [2.75, 3.05) is 6.54 Å². The summed E-state index contributed by atoms with van der Waals surface area (Å²) in [5.41, 5.74) is 5.19. The Kier molecular flexibility index (Phi) is 1.82. The Morgan fingerprint density at radius 3 is 3.14 bits per heavy atom. The third kappa shape index (κ3) is 2.05. The van der Waals surface area contributed by atoms with Gasteiger partial charge in [-0.1, -0.05) is 20.1 Å². The molecule has 4 nitrogen and oxygen atoms in total. The number of amides is 2. The molecule has 0 aromatic carbocycles. The zero-order chi connectivity index (χ0) is 15.0. The average Bonchev–Trinajstić information content (AvgIpc) is 2.60. The highest BCUT2D eigenvalue weighted by atomic mass is 16.2. The van der Waals surface area contributed by atoms with E-state index in [1.54, 1.807) is 6.92 Å². The summed E-state index contributed by atoms with van der Waals surface area (Å²) in [4.78, 5) is 24.3. The molecule has 0 bridgehead atoms. The van der Waals surface area contributed by atoms with Crippen LogP contribution >= 0.6 is 0 Å². The van der Waals surface area contributed by atoms with Crippen molar-refractivity contribution in [3.05, 3.63) is 0 Å². The van der Waals surface area contributed by atoms with Gasteiger partial charge in [0.05, 0.1) is 0 Å². The lowest BCUT2D eigenvalue weighted by Gasteiger charge is -2.24. The zero-order valence-electron chi connectivity index (χ0n) is 13.1. The van der Waals surface area contributed by atoms with E-state index in [9.17, 15) is 9.59 Å². The normalized spacial score (nSPS) is 31.2. The van der Waals surface area contributed by atoms with Gasteiger partial charge in [-0.15, -0.1) is 0 Å². The second-order valence-electron chi connectivity index (χ2n) is 3.42. The lowest BCUT2D eigenvalue weighted by molar-refractivity contribution is -0.136. The number of hydrogen-bond acceptors (Lipinski definition) is 2. The van der Waals surface area contributed by atoms with Crippen LogP contribution in [0.1, 0.15) is 39.8 Å². The van der Waals surface area contributed by atoms with Gasteiger partial charge in [-0.05, 0) is 12.3 Å². The van der Waals surface area contributed by atoms with E-state index in [-0.39, 0.29) is 13.0 Å².